The van der Waals surface area contributed by atoms with E-state index in [1.165, 1.54) is 0 Å². The van der Waals surface area contributed by atoms with Gasteiger partial charge >= 0.3 is 0 Å². The largest absolute Gasteiger partial charge is 0.306 e. The quantitative estimate of drug-likeness (QED) is 0.680. The molecule has 0 aliphatic rings. The highest BCUT2D eigenvalue weighted by atomic mass is 15.4. The fourth-order valence-electron chi connectivity index (χ4n) is 1.26. The lowest BCUT2D eigenvalue weighted by Gasteiger charge is -2.03. The lowest BCUT2D eigenvalue weighted by Crippen LogP contribution is -2.15. The van der Waals surface area contributed by atoms with Crippen LogP contribution in [0.3, 0.4) is 0 Å². The maximum atomic E-state index is 4.39. The minimum absolute atomic E-state index is 0.834. The molecule has 0 fully saturated rings. The van der Waals surface area contributed by atoms with E-state index in [9.17, 15) is 0 Å². The van der Waals surface area contributed by atoms with Crippen LogP contribution in [0.15, 0.2) is 36.4 Å². The van der Waals surface area contributed by atoms with Gasteiger partial charge in [-0.25, -0.2) is 10.4 Å². The van der Waals surface area contributed by atoms with Gasteiger partial charge in [0, 0.05) is 12.4 Å². The fraction of sp³-hybridized carbons (Fsp3) is 0.100. The number of aromatic nitrogens is 1. The fourth-order valence-corrected chi connectivity index (χ4v) is 1.26. The number of hydrogen-bond acceptors (Lipinski definition) is 3. The number of hydrazine groups is 1. The molecular weight excluding hydrogens is 162 g/mol. The van der Waals surface area contributed by atoms with Gasteiger partial charge in [-0.2, -0.15) is 0 Å². The second kappa shape index (κ2) is 3.41. The Kier molecular flexibility index (Phi) is 2.10. The Hall–Kier alpha value is -1.61. The molecule has 0 saturated heterocycles. The lowest BCUT2D eigenvalue weighted by molar-refractivity contribution is 0.969. The van der Waals surface area contributed by atoms with E-state index in [1.807, 2.05) is 43.4 Å². The molecule has 0 bridgehead atoms. The third-order valence-corrected chi connectivity index (χ3v) is 1.85. The summed E-state index contributed by atoms with van der Waals surface area (Å²) in [5.74, 6) is 0.834. The highest BCUT2D eigenvalue weighted by Crippen LogP contribution is 2.13. The monoisotopic (exact) mass is 173 g/mol. The summed E-state index contributed by atoms with van der Waals surface area (Å²) in [6.45, 7) is 0. The molecule has 0 atom stereocenters. The van der Waals surface area contributed by atoms with Gasteiger partial charge in [-0.1, -0.05) is 18.2 Å². The Morgan fingerprint density at radius 3 is 2.77 bits per heavy atom. The Balaban J connectivity index is 2.49. The van der Waals surface area contributed by atoms with E-state index in [1.54, 1.807) is 0 Å². The summed E-state index contributed by atoms with van der Waals surface area (Å²) in [5.41, 5.74) is 6.78. The topological polar surface area (TPSA) is 37.0 Å². The van der Waals surface area contributed by atoms with Crippen molar-refractivity contribution in [2.75, 3.05) is 12.5 Å². The number of hydrogen-bond donors (Lipinski definition) is 2. The first-order valence-corrected chi connectivity index (χ1v) is 4.19. The number of nitrogens with one attached hydrogen (secondary N) is 2. The van der Waals surface area contributed by atoms with E-state index in [4.69, 9.17) is 0 Å². The van der Waals surface area contributed by atoms with Gasteiger partial charge in [0.15, 0.2) is 0 Å². The molecule has 1 aromatic heterocycles. The van der Waals surface area contributed by atoms with E-state index < -0.39 is 0 Å². The van der Waals surface area contributed by atoms with Crippen LogP contribution in [0.2, 0.25) is 0 Å². The zero-order valence-corrected chi connectivity index (χ0v) is 7.41. The molecule has 13 heavy (non-hydrogen) atoms. The van der Waals surface area contributed by atoms with Gasteiger partial charge in [0.05, 0.1) is 5.52 Å². The van der Waals surface area contributed by atoms with Gasteiger partial charge in [0.2, 0.25) is 0 Å². The SMILES string of the molecule is CNNc1ccc2ccccc2n1. The summed E-state index contributed by atoms with van der Waals surface area (Å²) in [6, 6.07) is 12.0. The summed E-state index contributed by atoms with van der Waals surface area (Å²) in [4.78, 5) is 4.39. The van der Waals surface area contributed by atoms with Gasteiger partial charge in [-0.05, 0) is 18.2 Å². The van der Waals surface area contributed by atoms with Crippen LogP contribution in [0.5, 0.6) is 0 Å². The second-order valence-corrected chi connectivity index (χ2v) is 2.76. The first-order chi connectivity index (χ1) is 6.40. The molecule has 3 nitrogen and oxygen atoms in total. The number of benzene rings is 1. The number of rotatable bonds is 2. The highest BCUT2D eigenvalue weighted by Gasteiger charge is 1.94. The minimum atomic E-state index is 0.834. The van der Waals surface area contributed by atoms with Crippen molar-refractivity contribution in [1.82, 2.24) is 10.4 Å². The van der Waals surface area contributed by atoms with Crippen molar-refractivity contribution in [3.63, 3.8) is 0 Å². The molecular formula is C10H11N3. The maximum Gasteiger partial charge on any atom is 0.140 e. The predicted octanol–water partition coefficient (Wildman–Crippen LogP) is 1.78. The summed E-state index contributed by atoms with van der Waals surface area (Å²) >= 11 is 0. The second-order valence-electron chi connectivity index (χ2n) is 2.76. The minimum Gasteiger partial charge on any atom is -0.306 e. The van der Waals surface area contributed by atoms with Crippen LogP contribution in [-0.2, 0) is 0 Å². The molecule has 1 aromatic carbocycles. The molecule has 0 amide bonds. The highest BCUT2D eigenvalue weighted by molar-refractivity contribution is 5.79. The van der Waals surface area contributed by atoms with Gasteiger partial charge in [-0.15, -0.1) is 0 Å². The molecule has 0 unspecified atom stereocenters. The van der Waals surface area contributed by atoms with Crippen LogP contribution >= 0.6 is 0 Å². The molecule has 1 heterocycles. The van der Waals surface area contributed by atoms with Crippen molar-refractivity contribution in [3.8, 4) is 0 Å². The lowest BCUT2D eigenvalue weighted by atomic mass is 10.2. The van der Waals surface area contributed by atoms with Crippen LogP contribution in [-0.4, -0.2) is 12.0 Å². The molecule has 0 saturated carbocycles. The Morgan fingerprint density at radius 2 is 1.92 bits per heavy atom. The Labute approximate surface area is 76.8 Å². The summed E-state index contributed by atoms with van der Waals surface area (Å²) in [5, 5.41) is 1.16. The van der Waals surface area contributed by atoms with E-state index in [0.29, 0.717) is 0 Å². The standard InChI is InChI=1S/C10H11N3/c1-11-13-10-7-6-8-4-2-3-5-9(8)12-10/h2-7,11H,1H3,(H,12,13). The molecule has 66 valence electrons. The van der Waals surface area contributed by atoms with Gasteiger partial charge < -0.3 is 5.43 Å². The van der Waals surface area contributed by atoms with Crippen molar-refractivity contribution in [2.45, 2.75) is 0 Å². The van der Waals surface area contributed by atoms with Crippen molar-refractivity contribution < 1.29 is 0 Å². The van der Waals surface area contributed by atoms with E-state index in [0.717, 1.165) is 16.7 Å². The molecule has 0 spiro atoms. The number of para-hydroxylation sites is 1. The van der Waals surface area contributed by atoms with Crippen LogP contribution in [0, 0.1) is 0 Å². The van der Waals surface area contributed by atoms with Crippen molar-refractivity contribution >= 4 is 16.7 Å². The number of fused-ring (bicyclic) bond motifs is 1. The first kappa shape index (κ1) is 8.01. The van der Waals surface area contributed by atoms with E-state index >= 15 is 0 Å². The predicted molar refractivity (Wildman–Crippen MR) is 54.4 cm³/mol. The molecule has 2 rings (SSSR count). The molecule has 0 aliphatic heterocycles. The summed E-state index contributed by atoms with van der Waals surface area (Å²) in [7, 11) is 1.82. The van der Waals surface area contributed by atoms with Crippen molar-refractivity contribution in [3.05, 3.63) is 36.4 Å². The average Bonchev–Trinajstić information content (AvgIpc) is 2.18. The van der Waals surface area contributed by atoms with E-state index in [-0.39, 0.29) is 0 Å². The molecule has 0 aliphatic carbocycles. The summed E-state index contributed by atoms with van der Waals surface area (Å²) in [6.07, 6.45) is 0. The van der Waals surface area contributed by atoms with Gasteiger partial charge in [-0.3, -0.25) is 0 Å². The Bertz CT molecular complexity index is 412. The Morgan fingerprint density at radius 1 is 1.08 bits per heavy atom. The van der Waals surface area contributed by atoms with E-state index in [2.05, 4.69) is 15.8 Å². The number of nitrogens with zero attached hydrogens (tertiary/aromatic N) is 1. The third kappa shape index (κ3) is 1.60. The molecule has 2 N–H and O–H groups in total. The van der Waals surface area contributed by atoms with Crippen LogP contribution < -0.4 is 10.9 Å². The van der Waals surface area contributed by atoms with Crippen LogP contribution in [0.4, 0.5) is 5.82 Å². The molecule has 3 heteroatoms. The zero-order valence-electron chi connectivity index (χ0n) is 7.41. The van der Waals surface area contributed by atoms with Gasteiger partial charge in [0.25, 0.3) is 0 Å². The normalized spacial score (nSPS) is 10.2. The number of pyridine rings is 1. The van der Waals surface area contributed by atoms with Crippen molar-refractivity contribution in [2.24, 2.45) is 0 Å². The van der Waals surface area contributed by atoms with Crippen molar-refractivity contribution in [1.29, 1.82) is 0 Å². The van der Waals surface area contributed by atoms with Crippen LogP contribution in [0.25, 0.3) is 10.9 Å². The molecule has 2 aromatic rings. The van der Waals surface area contributed by atoms with Gasteiger partial charge in [0.1, 0.15) is 5.82 Å². The zero-order chi connectivity index (χ0) is 9.10. The molecule has 0 radical (unpaired) electrons. The average molecular weight is 173 g/mol. The van der Waals surface area contributed by atoms with Crippen LogP contribution in [0.1, 0.15) is 0 Å². The maximum absolute atomic E-state index is 4.39. The smallest absolute Gasteiger partial charge is 0.140 e. The third-order valence-electron chi connectivity index (χ3n) is 1.85. The first-order valence-electron chi connectivity index (χ1n) is 4.19. The number of anilines is 1. The summed E-state index contributed by atoms with van der Waals surface area (Å²) < 4.78 is 0.